The maximum Gasteiger partial charge on any atom is 1.00 e. The summed E-state index contributed by atoms with van der Waals surface area (Å²) in [6.07, 6.45) is 1.79. The molecule has 0 fully saturated rings. The van der Waals surface area contributed by atoms with Gasteiger partial charge in [0.15, 0.2) is 5.75 Å². The summed E-state index contributed by atoms with van der Waals surface area (Å²) in [6, 6.07) is 12.3. The zero-order chi connectivity index (χ0) is 9.38. The SMILES string of the molecule is C1=Nc2ccc3ccccc3c2OC1.[H+]. The molecule has 0 spiro atoms. The van der Waals surface area contributed by atoms with Gasteiger partial charge >= 0.3 is 1.43 Å². The Hall–Kier alpha value is -1.83. The van der Waals surface area contributed by atoms with Crippen molar-refractivity contribution in [1.29, 1.82) is 0 Å². The van der Waals surface area contributed by atoms with Gasteiger partial charge in [-0.05, 0) is 11.5 Å². The Morgan fingerprint density at radius 1 is 1.14 bits per heavy atom. The smallest absolute Gasteiger partial charge is 0.485 e. The van der Waals surface area contributed by atoms with Crippen LogP contribution in [-0.2, 0) is 0 Å². The van der Waals surface area contributed by atoms with E-state index in [9.17, 15) is 0 Å². The fourth-order valence-electron chi connectivity index (χ4n) is 1.74. The molecule has 2 heteroatoms. The average Bonchev–Trinajstić information content (AvgIpc) is 2.29. The second-order valence-electron chi connectivity index (χ2n) is 3.26. The summed E-state index contributed by atoms with van der Waals surface area (Å²) < 4.78 is 5.59. The normalized spacial score (nSPS) is 13.7. The minimum absolute atomic E-state index is 0. The van der Waals surface area contributed by atoms with E-state index in [1.165, 1.54) is 5.39 Å². The van der Waals surface area contributed by atoms with Crippen LogP contribution in [0.5, 0.6) is 5.75 Å². The third kappa shape index (κ3) is 1.01. The van der Waals surface area contributed by atoms with Crippen molar-refractivity contribution in [3.05, 3.63) is 36.4 Å². The summed E-state index contributed by atoms with van der Waals surface area (Å²) in [5.41, 5.74) is 0.926. The van der Waals surface area contributed by atoms with Crippen LogP contribution in [0.1, 0.15) is 1.43 Å². The molecule has 0 aromatic heterocycles. The van der Waals surface area contributed by atoms with Crippen LogP contribution >= 0.6 is 0 Å². The Labute approximate surface area is 83.3 Å². The second kappa shape index (κ2) is 2.84. The molecule has 2 nitrogen and oxygen atoms in total. The summed E-state index contributed by atoms with van der Waals surface area (Å²) in [5.74, 6) is 0.908. The van der Waals surface area contributed by atoms with E-state index in [1.54, 1.807) is 6.21 Å². The third-order valence-corrected chi connectivity index (χ3v) is 2.39. The van der Waals surface area contributed by atoms with Gasteiger partial charge in [0.25, 0.3) is 0 Å². The maximum absolute atomic E-state index is 5.59. The van der Waals surface area contributed by atoms with E-state index in [2.05, 4.69) is 23.2 Å². The van der Waals surface area contributed by atoms with Crippen molar-refractivity contribution in [1.82, 2.24) is 0 Å². The quantitative estimate of drug-likeness (QED) is 0.616. The lowest BCUT2D eigenvalue weighted by atomic mass is 10.1. The fraction of sp³-hybridized carbons (Fsp3) is 0.0833. The minimum Gasteiger partial charge on any atom is -0.485 e. The Morgan fingerprint density at radius 3 is 3.07 bits per heavy atom. The Balaban J connectivity index is 0.000000853. The van der Waals surface area contributed by atoms with Crippen LogP contribution in [0, 0.1) is 0 Å². The number of fused-ring (bicyclic) bond motifs is 3. The van der Waals surface area contributed by atoms with Gasteiger partial charge in [0.05, 0.1) is 0 Å². The summed E-state index contributed by atoms with van der Waals surface area (Å²) in [7, 11) is 0. The molecular weight excluding hydrogens is 174 g/mol. The van der Waals surface area contributed by atoms with E-state index in [0.717, 1.165) is 16.8 Å². The van der Waals surface area contributed by atoms with Crippen LogP contribution in [-0.4, -0.2) is 12.8 Å². The molecule has 2 aromatic carbocycles. The number of rotatable bonds is 0. The summed E-state index contributed by atoms with van der Waals surface area (Å²) >= 11 is 0. The molecule has 0 amide bonds. The molecule has 0 aliphatic carbocycles. The first-order chi connectivity index (χ1) is 6.95. The van der Waals surface area contributed by atoms with E-state index < -0.39 is 0 Å². The highest BCUT2D eigenvalue weighted by Crippen LogP contribution is 2.36. The molecule has 3 rings (SSSR count). The van der Waals surface area contributed by atoms with Gasteiger partial charge in [-0.25, -0.2) is 0 Å². The molecule has 0 unspecified atom stereocenters. The molecule has 14 heavy (non-hydrogen) atoms. The van der Waals surface area contributed by atoms with E-state index in [0.29, 0.717) is 6.61 Å². The van der Waals surface area contributed by atoms with Crippen LogP contribution < -0.4 is 4.74 Å². The maximum atomic E-state index is 5.59. The van der Waals surface area contributed by atoms with Gasteiger partial charge in [0, 0.05) is 11.6 Å². The number of ether oxygens (including phenoxy) is 1. The molecule has 0 atom stereocenters. The monoisotopic (exact) mass is 184 g/mol. The fourth-order valence-corrected chi connectivity index (χ4v) is 1.74. The van der Waals surface area contributed by atoms with Crippen LogP contribution in [0.2, 0.25) is 0 Å². The highest BCUT2D eigenvalue weighted by molar-refractivity contribution is 5.94. The van der Waals surface area contributed by atoms with Crippen LogP contribution in [0.4, 0.5) is 5.69 Å². The van der Waals surface area contributed by atoms with Gasteiger partial charge < -0.3 is 4.74 Å². The molecule has 0 saturated carbocycles. The van der Waals surface area contributed by atoms with Crippen molar-refractivity contribution < 1.29 is 6.16 Å². The van der Waals surface area contributed by atoms with Crippen LogP contribution in [0.15, 0.2) is 41.4 Å². The van der Waals surface area contributed by atoms with Gasteiger partial charge in [0.1, 0.15) is 12.3 Å². The number of hydrogen-bond acceptors (Lipinski definition) is 2. The Morgan fingerprint density at radius 2 is 2.07 bits per heavy atom. The van der Waals surface area contributed by atoms with Crippen LogP contribution in [0.3, 0.4) is 0 Å². The molecular formula is C12H10NO+. The van der Waals surface area contributed by atoms with E-state index in [-0.39, 0.29) is 1.43 Å². The minimum atomic E-state index is 0. The van der Waals surface area contributed by atoms with Gasteiger partial charge in [0.2, 0.25) is 0 Å². The summed E-state index contributed by atoms with van der Waals surface area (Å²) in [6.45, 7) is 0.570. The molecule has 0 saturated heterocycles. The first kappa shape index (κ1) is 7.56. The molecule has 0 radical (unpaired) electrons. The topological polar surface area (TPSA) is 21.6 Å². The van der Waals surface area contributed by atoms with Gasteiger partial charge in [-0.1, -0.05) is 30.3 Å². The summed E-state index contributed by atoms with van der Waals surface area (Å²) in [4.78, 5) is 4.29. The standard InChI is InChI=1S/C12H9NO/c1-2-4-10-9(3-1)5-6-11-12(10)14-8-7-13-11/h1-7H,8H2/p+1. The number of nitrogens with zero attached hydrogens (tertiary/aromatic N) is 1. The molecule has 0 bridgehead atoms. The highest BCUT2D eigenvalue weighted by Gasteiger charge is 2.09. The molecule has 0 N–H and O–H groups in total. The third-order valence-electron chi connectivity index (χ3n) is 2.39. The van der Waals surface area contributed by atoms with Crippen molar-refractivity contribution in [2.24, 2.45) is 4.99 Å². The lowest BCUT2D eigenvalue weighted by Crippen LogP contribution is -2.02. The van der Waals surface area contributed by atoms with Crippen molar-refractivity contribution >= 4 is 22.7 Å². The number of benzene rings is 2. The van der Waals surface area contributed by atoms with Crippen molar-refractivity contribution in [3.8, 4) is 5.75 Å². The predicted octanol–water partition coefficient (Wildman–Crippen LogP) is 3.05. The number of aliphatic imine (C=N–C) groups is 1. The first-order valence-corrected chi connectivity index (χ1v) is 4.62. The number of hydrogen-bond donors (Lipinski definition) is 0. The van der Waals surface area contributed by atoms with E-state index in [1.807, 2.05) is 18.2 Å². The van der Waals surface area contributed by atoms with Gasteiger partial charge in [-0.15, -0.1) is 0 Å². The predicted molar refractivity (Wildman–Crippen MR) is 58.7 cm³/mol. The summed E-state index contributed by atoms with van der Waals surface area (Å²) in [5, 5.41) is 2.34. The van der Waals surface area contributed by atoms with Gasteiger partial charge in [-0.2, -0.15) is 0 Å². The lowest BCUT2D eigenvalue weighted by molar-refractivity contribution is 0.381. The Bertz CT molecular complexity index is 522. The van der Waals surface area contributed by atoms with E-state index in [4.69, 9.17) is 4.74 Å². The first-order valence-electron chi connectivity index (χ1n) is 4.62. The second-order valence-corrected chi connectivity index (χ2v) is 3.26. The lowest BCUT2D eigenvalue weighted by Gasteiger charge is -2.13. The van der Waals surface area contributed by atoms with Crippen LogP contribution in [0.25, 0.3) is 10.8 Å². The molecule has 68 valence electrons. The molecule has 1 aliphatic rings. The highest BCUT2D eigenvalue weighted by atomic mass is 16.5. The molecule has 1 aliphatic heterocycles. The van der Waals surface area contributed by atoms with Crippen molar-refractivity contribution in [3.63, 3.8) is 0 Å². The van der Waals surface area contributed by atoms with Crippen molar-refractivity contribution in [2.45, 2.75) is 0 Å². The van der Waals surface area contributed by atoms with E-state index >= 15 is 0 Å². The largest absolute Gasteiger partial charge is 1.00 e. The molecule has 2 aromatic rings. The Kier molecular flexibility index (Phi) is 1.53. The average molecular weight is 184 g/mol. The zero-order valence-corrected chi connectivity index (χ0v) is 7.60. The zero-order valence-electron chi connectivity index (χ0n) is 8.60. The van der Waals surface area contributed by atoms with Gasteiger partial charge in [-0.3, -0.25) is 4.99 Å². The van der Waals surface area contributed by atoms with Crippen molar-refractivity contribution in [2.75, 3.05) is 6.61 Å². The molecule has 1 heterocycles.